The Kier molecular flexibility index (Phi) is 5.08. The summed E-state index contributed by atoms with van der Waals surface area (Å²) in [6.45, 7) is 5.53. The molecule has 1 amide bonds. The van der Waals surface area contributed by atoms with Gasteiger partial charge in [-0.05, 0) is 37.1 Å². The third kappa shape index (κ3) is 4.33. The van der Waals surface area contributed by atoms with Crippen LogP contribution >= 0.6 is 0 Å². The monoisotopic (exact) mass is 284 g/mol. The smallest absolute Gasteiger partial charge is 0.238 e. The lowest BCUT2D eigenvalue weighted by Crippen LogP contribution is -2.20. The van der Waals surface area contributed by atoms with Crippen molar-refractivity contribution in [2.45, 2.75) is 38.5 Å². The van der Waals surface area contributed by atoms with Crippen LogP contribution in [0.25, 0.3) is 0 Å². The van der Waals surface area contributed by atoms with Crippen LogP contribution in [0.15, 0.2) is 23.1 Å². The highest BCUT2D eigenvalue weighted by atomic mass is 32.2. The zero-order valence-electron chi connectivity index (χ0n) is 11.4. The number of rotatable bonds is 5. The minimum atomic E-state index is -3.72. The lowest BCUT2D eigenvalue weighted by atomic mass is 10.1. The molecule has 6 heteroatoms. The van der Waals surface area contributed by atoms with E-state index < -0.39 is 10.0 Å². The van der Waals surface area contributed by atoms with Gasteiger partial charge in [0.25, 0.3) is 0 Å². The second-order valence-electron chi connectivity index (χ2n) is 4.70. The summed E-state index contributed by atoms with van der Waals surface area (Å²) in [7, 11) is -3.72. The van der Waals surface area contributed by atoms with Crippen LogP contribution in [0.4, 0.5) is 5.69 Å². The predicted molar refractivity (Wildman–Crippen MR) is 75.3 cm³/mol. The van der Waals surface area contributed by atoms with Gasteiger partial charge < -0.3 is 5.32 Å². The molecule has 0 spiro atoms. The lowest BCUT2D eigenvalue weighted by Gasteiger charge is -2.12. The van der Waals surface area contributed by atoms with Gasteiger partial charge in [0.15, 0.2) is 0 Å². The summed E-state index contributed by atoms with van der Waals surface area (Å²) in [6, 6.07) is 4.56. The molecule has 1 rings (SSSR count). The Bertz CT molecular complexity index is 567. The second-order valence-corrected chi connectivity index (χ2v) is 6.23. The number of sulfonamides is 1. The summed E-state index contributed by atoms with van der Waals surface area (Å²) >= 11 is 0. The van der Waals surface area contributed by atoms with Crippen molar-refractivity contribution in [3.05, 3.63) is 23.8 Å². The Balaban J connectivity index is 2.88. The van der Waals surface area contributed by atoms with Crippen molar-refractivity contribution in [3.8, 4) is 0 Å². The molecule has 1 aromatic rings. The number of hydrogen-bond donors (Lipinski definition) is 2. The van der Waals surface area contributed by atoms with Crippen molar-refractivity contribution >= 4 is 21.6 Å². The van der Waals surface area contributed by atoms with Gasteiger partial charge in [0.2, 0.25) is 15.9 Å². The maximum Gasteiger partial charge on any atom is 0.238 e. The Morgan fingerprint density at radius 2 is 2.05 bits per heavy atom. The summed E-state index contributed by atoms with van der Waals surface area (Å²) in [6.07, 6.45) is 1.76. The average molecular weight is 284 g/mol. The summed E-state index contributed by atoms with van der Waals surface area (Å²) in [5.74, 6) is -0.132. The Morgan fingerprint density at radius 1 is 1.42 bits per heavy atom. The lowest BCUT2D eigenvalue weighted by molar-refractivity contribution is -0.119. The molecule has 106 valence electrons. The maximum absolute atomic E-state index is 11.8. The molecule has 1 atom stereocenters. The van der Waals surface area contributed by atoms with Crippen LogP contribution in [0.3, 0.4) is 0 Å². The van der Waals surface area contributed by atoms with E-state index in [9.17, 15) is 13.2 Å². The molecular formula is C13H20N2O3S. The molecular weight excluding hydrogens is 264 g/mol. The SMILES string of the molecule is CCCC(C)C(=O)Nc1ccc(S(N)(=O)=O)c(C)c1. The van der Waals surface area contributed by atoms with E-state index in [1.165, 1.54) is 6.07 Å². The first-order valence-electron chi connectivity index (χ1n) is 6.20. The minimum absolute atomic E-state index is 0.0652. The number of carbonyl (C=O) groups excluding carboxylic acids is 1. The highest BCUT2D eigenvalue weighted by Gasteiger charge is 2.14. The summed E-state index contributed by atoms with van der Waals surface area (Å²) in [4.78, 5) is 11.9. The topological polar surface area (TPSA) is 89.3 Å². The van der Waals surface area contributed by atoms with Gasteiger partial charge in [0.05, 0.1) is 4.90 Å². The fraction of sp³-hybridized carbons (Fsp3) is 0.462. The molecule has 0 saturated heterocycles. The molecule has 0 heterocycles. The first-order chi connectivity index (χ1) is 8.75. The summed E-state index contributed by atoms with van der Waals surface area (Å²) in [5, 5.41) is 7.85. The van der Waals surface area contributed by atoms with Crippen LogP contribution in [0.1, 0.15) is 32.3 Å². The molecule has 19 heavy (non-hydrogen) atoms. The van der Waals surface area contributed by atoms with E-state index in [4.69, 9.17) is 5.14 Å². The number of nitrogens with one attached hydrogen (secondary N) is 1. The van der Waals surface area contributed by atoms with Crippen molar-refractivity contribution in [2.24, 2.45) is 11.1 Å². The van der Waals surface area contributed by atoms with Crippen LogP contribution in [0, 0.1) is 12.8 Å². The molecule has 0 aromatic heterocycles. The van der Waals surface area contributed by atoms with Gasteiger partial charge in [-0.15, -0.1) is 0 Å². The number of hydrogen-bond acceptors (Lipinski definition) is 3. The molecule has 1 unspecified atom stereocenters. The van der Waals surface area contributed by atoms with E-state index >= 15 is 0 Å². The van der Waals surface area contributed by atoms with Crippen LogP contribution in [-0.2, 0) is 14.8 Å². The van der Waals surface area contributed by atoms with Crippen LogP contribution < -0.4 is 10.5 Å². The number of amides is 1. The summed E-state index contributed by atoms with van der Waals surface area (Å²) in [5.41, 5.74) is 1.10. The molecule has 0 fully saturated rings. The van der Waals surface area contributed by atoms with Crippen LogP contribution in [0.2, 0.25) is 0 Å². The fourth-order valence-corrected chi connectivity index (χ4v) is 2.64. The van der Waals surface area contributed by atoms with Crippen molar-refractivity contribution in [1.82, 2.24) is 0 Å². The molecule has 5 nitrogen and oxygen atoms in total. The van der Waals surface area contributed by atoms with Gasteiger partial charge in [0.1, 0.15) is 0 Å². The third-order valence-electron chi connectivity index (χ3n) is 2.92. The molecule has 1 aromatic carbocycles. The zero-order chi connectivity index (χ0) is 14.6. The third-order valence-corrected chi connectivity index (χ3v) is 3.99. The highest BCUT2D eigenvalue weighted by molar-refractivity contribution is 7.89. The normalized spacial score (nSPS) is 13.1. The number of nitrogens with two attached hydrogens (primary N) is 1. The van der Waals surface area contributed by atoms with Gasteiger partial charge in [-0.2, -0.15) is 0 Å². The minimum Gasteiger partial charge on any atom is -0.326 e. The zero-order valence-corrected chi connectivity index (χ0v) is 12.3. The number of anilines is 1. The number of primary sulfonamides is 1. The molecule has 0 aliphatic heterocycles. The standard InChI is InChI=1S/C13H20N2O3S/c1-4-5-9(2)13(16)15-11-6-7-12(10(3)8-11)19(14,17)18/h6-9H,4-5H2,1-3H3,(H,15,16)(H2,14,17,18). The van der Waals surface area contributed by atoms with Gasteiger partial charge in [-0.1, -0.05) is 20.3 Å². The van der Waals surface area contributed by atoms with Crippen molar-refractivity contribution < 1.29 is 13.2 Å². The summed E-state index contributed by atoms with van der Waals surface area (Å²) < 4.78 is 22.5. The Labute approximate surface area is 114 Å². The second kappa shape index (κ2) is 6.16. The van der Waals surface area contributed by atoms with Gasteiger partial charge >= 0.3 is 0 Å². The van der Waals surface area contributed by atoms with Crippen LogP contribution in [0.5, 0.6) is 0 Å². The van der Waals surface area contributed by atoms with Gasteiger partial charge in [-0.25, -0.2) is 13.6 Å². The molecule has 3 N–H and O–H groups in total. The molecule has 0 saturated carbocycles. The fourth-order valence-electron chi connectivity index (χ4n) is 1.88. The highest BCUT2D eigenvalue weighted by Crippen LogP contribution is 2.19. The number of benzene rings is 1. The molecule has 0 bridgehead atoms. The van der Waals surface area contributed by atoms with E-state index in [0.29, 0.717) is 11.3 Å². The number of aryl methyl sites for hydroxylation is 1. The largest absolute Gasteiger partial charge is 0.326 e. The predicted octanol–water partition coefficient (Wildman–Crippen LogP) is 2.02. The quantitative estimate of drug-likeness (QED) is 0.866. The van der Waals surface area contributed by atoms with Gasteiger partial charge in [-0.3, -0.25) is 4.79 Å². The molecule has 0 aliphatic carbocycles. The van der Waals surface area contributed by atoms with E-state index in [1.54, 1.807) is 19.1 Å². The van der Waals surface area contributed by atoms with E-state index in [1.807, 2.05) is 13.8 Å². The molecule has 0 aliphatic rings. The van der Waals surface area contributed by atoms with Crippen molar-refractivity contribution in [1.29, 1.82) is 0 Å². The van der Waals surface area contributed by atoms with Crippen molar-refractivity contribution in [2.75, 3.05) is 5.32 Å². The van der Waals surface area contributed by atoms with E-state index in [-0.39, 0.29) is 16.7 Å². The first kappa shape index (κ1) is 15.7. The van der Waals surface area contributed by atoms with E-state index in [0.717, 1.165) is 12.8 Å². The maximum atomic E-state index is 11.8. The van der Waals surface area contributed by atoms with Crippen LogP contribution in [-0.4, -0.2) is 14.3 Å². The first-order valence-corrected chi connectivity index (χ1v) is 7.74. The van der Waals surface area contributed by atoms with E-state index in [2.05, 4.69) is 5.32 Å². The Morgan fingerprint density at radius 3 is 2.53 bits per heavy atom. The van der Waals surface area contributed by atoms with Gasteiger partial charge in [0, 0.05) is 11.6 Å². The average Bonchev–Trinajstić information content (AvgIpc) is 2.27. The molecule has 0 radical (unpaired) electrons. The van der Waals surface area contributed by atoms with Crippen molar-refractivity contribution in [3.63, 3.8) is 0 Å². The Hall–Kier alpha value is -1.40. The number of carbonyl (C=O) groups is 1.